The number of hydrogen-bond acceptors (Lipinski definition) is 6. The highest BCUT2D eigenvalue weighted by atomic mass is 16.7. The smallest absolute Gasteiger partial charge is 0.342 e. The summed E-state index contributed by atoms with van der Waals surface area (Å²) < 4.78 is 22.3. The van der Waals surface area contributed by atoms with Gasteiger partial charge in [0.25, 0.3) is 0 Å². The summed E-state index contributed by atoms with van der Waals surface area (Å²) in [6, 6.07) is 0. The highest BCUT2D eigenvalue weighted by Crippen LogP contribution is 2.57. The summed E-state index contributed by atoms with van der Waals surface area (Å²) in [4.78, 5) is 23.7. The van der Waals surface area contributed by atoms with Gasteiger partial charge in [0.05, 0.1) is 6.26 Å². The molecule has 3 heterocycles. The van der Waals surface area contributed by atoms with Crippen molar-refractivity contribution in [3.8, 4) is 0 Å². The third-order valence-electron chi connectivity index (χ3n) is 4.88. The molecule has 2 saturated heterocycles. The molecule has 0 saturated carbocycles. The quantitative estimate of drug-likeness (QED) is 0.584. The largest absolute Gasteiger partial charge is 0.464 e. The molecule has 1 aromatic heterocycles. The molecule has 4 unspecified atom stereocenters. The molecule has 23 heavy (non-hydrogen) atoms. The molecule has 0 aromatic carbocycles. The third kappa shape index (κ3) is 2.05. The first-order chi connectivity index (χ1) is 10.9. The lowest BCUT2D eigenvalue weighted by molar-refractivity contribution is -0.154. The fraction of sp³-hybridized carbons (Fsp3) is 0.529. The van der Waals surface area contributed by atoms with Gasteiger partial charge in [-0.1, -0.05) is 0 Å². The van der Waals surface area contributed by atoms with E-state index in [0.29, 0.717) is 18.6 Å². The molecule has 0 radical (unpaired) electrons. The number of furan rings is 1. The SMILES string of the molecule is CC(=O)OC1CCC23OC2C(OC3=O)c2c(C)coc2/C=C\1C. The predicted molar refractivity (Wildman–Crippen MR) is 78.3 cm³/mol. The Bertz CT molecular complexity index is 729. The second-order valence-corrected chi connectivity index (χ2v) is 6.48. The first kappa shape index (κ1) is 14.5. The molecule has 4 rings (SSSR count). The number of fused-ring (bicyclic) bond motifs is 2. The second-order valence-electron chi connectivity index (χ2n) is 6.48. The molecule has 122 valence electrons. The fourth-order valence-electron chi connectivity index (χ4n) is 3.63. The van der Waals surface area contributed by atoms with Gasteiger partial charge in [-0.15, -0.1) is 0 Å². The summed E-state index contributed by atoms with van der Waals surface area (Å²) in [6.45, 7) is 5.19. The maximum atomic E-state index is 12.3. The molecule has 2 aliphatic heterocycles. The summed E-state index contributed by atoms with van der Waals surface area (Å²) in [5, 5.41) is 0. The number of aryl methyl sites for hydroxylation is 1. The Labute approximate surface area is 133 Å². The van der Waals surface area contributed by atoms with Crippen LogP contribution in [0, 0.1) is 6.92 Å². The van der Waals surface area contributed by atoms with Crippen molar-refractivity contribution < 1.29 is 28.2 Å². The molecule has 2 bridgehead atoms. The topological polar surface area (TPSA) is 78.3 Å². The van der Waals surface area contributed by atoms with Gasteiger partial charge in [-0.05, 0) is 43.9 Å². The highest BCUT2D eigenvalue weighted by molar-refractivity contribution is 5.87. The number of carbonyl (C=O) groups excluding carboxylic acids is 2. The van der Waals surface area contributed by atoms with Crippen LogP contribution in [0.2, 0.25) is 0 Å². The van der Waals surface area contributed by atoms with Crippen molar-refractivity contribution in [3.63, 3.8) is 0 Å². The van der Waals surface area contributed by atoms with Crippen LogP contribution in [0.3, 0.4) is 0 Å². The van der Waals surface area contributed by atoms with Gasteiger partial charge in [0.2, 0.25) is 0 Å². The lowest BCUT2D eigenvalue weighted by atomic mass is 9.90. The average molecular weight is 318 g/mol. The molecule has 0 N–H and O–H groups in total. The minimum atomic E-state index is -0.887. The maximum Gasteiger partial charge on any atom is 0.342 e. The molecular formula is C17H18O6. The molecule has 1 aromatic rings. The molecule has 1 aliphatic carbocycles. The van der Waals surface area contributed by atoms with Crippen molar-refractivity contribution in [2.24, 2.45) is 0 Å². The Hall–Kier alpha value is -2.08. The van der Waals surface area contributed by atoms with Crippen LogP contribution in [0.5, 0.6) is 0 Å². The van der Waals surface area contributed by atoms with Crippen molar-refractivity contribution in [1.29, 1.82) is 0 Å². The van der Waals surface area contributed by atoms with Crippen LogP contribution >= 0.6 is 0 Å². The van der Waals surface area contributed by atoms with E-state index in [-0.39, 0.29) is 18.0 Å². The van der Waals surface area contributed by atoms with Crippen LogP contribution < -0.4 is 0 Å². The van der Waals surface area contributed by atoms with Gasteiger partial charge in [0.15, 0.2) is 11.7 Å². The number of carbonyl (C=O) groups is 2. The standard InChI is InChI=1S/C17H18O6/c1-8-6-12-13(9(2)7-20-12)14-15-17(23-15,16(19)22-14)5-4-11(8)21-10(3)18/h6-7,11,14-15H,4-5H2,1-3H3/b8-6-. The Kier molecular flexibility index (Phi) is 2.97. The minimum Gasteiger partial charge on any atom is -0.464 e. The molecule has 0 amide bonds. The second kappa shape index (κ2) is 4.71. The van der Waals surface area contributed by atoms with E-state index in [1.165, 1.54) is 6.92 Å². The van der Waals surface area contributed by atoms with Gasteiger partial charge in [0.1, 0.15) is 18.0 Å². The summed E-state index contributed by atoms with van der Waals surface area (Å²) in [5.41, 5.74) is 1.74. The third-order valence-corrected chi connectivity index (χ3v) is 4.88. The molecule has 2 fully saturated rings. The van der Waals surface area contributed by atoms with Crippen LogP contribution in [0.15, 0.2) is 16.3 Å². The Morgan fingerprint density at radius 2 is 2.17 bits per heavy atom. The number of epoxide rings is 1. The lowest BCUT2D eigenvalue weighted by Gasteiger charge is -2.19. The normalized spacial score (nSPS) is 37.1. The van der Waals surface area contributed by atoms with E-state index in [4.69, 9.17) is 18.6 Å². The Morgan fingerprint density at radius 3 is 2.87 bits per heavy atom. The summed E-state index contributed by atoms with van der Waals surface area (Å²) in [5.74, 6) is -0.0587. The zero-order chi connectivity index (χ0) is 16.4. The van der Waals surface area contributed by atoms with Crippen molar-refractivity contribution in [1.82, 2.24) is 0 Å². The van der Waals surface area contributed by atoms with Gasteiger partial charge in [-0.25, -0.2) is 4.79 Å². The van der Waals surface area contributed by atoms with E-state index in [0.717, 1.165) is 16.7 Å². The average Bonchev–Trinajstić information content (AvgIpc) is 3.03. The van der Waals surface area contributed by atoms with E-state index < -0.39 is 17.8 Å². The van der Waals surface area contributed by atoms with Crippen LogP contribution in [0.4, 0.5) is 0 Å². The zero-order valence-electron chi connectivity index (χ0n) is 13.3. The molecule has 6 nitrogen and oxygen atoms in total. The fourth-order valence-corrected chi connectivity index (χ4v) is 3.63. The summed E-state index contributed by atoms with van der Waals surface area (Å²) in [7, 11) is 0. The van der Waals surface area contributed by atoms with E-state index in [2.05, 4.69) is 0 Å². The number of hydrogen-bond donors (Lipinski definition) is 0. The van der Waals surface area contributed by atoms with Crippen molar-refractivity contribution >= 4 is 18.0 Å². The molecule has 0 spiro atoms. The predicted octanol–water partition coefficient (Wildman–Crippen LogP) is 2.45. The van der Waals surface area contributed by atoms with E-state index in [1.54, 1.807) is 6.26 Å². The van der Waals surface area contributed by atoms with E-state index in [1.807, 2.05) is 19.9 Å². The van der Waals surface area contributed by atoms with Gasteiger partial charge in [-0.2, -0.15) is 0 Å². The van der Waals surface area contributed by atoms with Crippen LogP contribution in [0.25, 0.3) is 6.08 Å². The van der Waals surface area contributed by atoms with Gasteiger partial charge in [-0.3, -0.25) is 4.79 Å². The Balaban J connectivity index is 1.81. The highest BCUT2D eigenvalue weighted by Gasteiger charge is 2.73. The first-order valence-corrected chi connectivity index (χ1v) is 7.74. The number of ether oxygens (including phenoxy) is 3. The minimum absolute atomic E-state index is 0.283. The van der Waals surface area contributed by atoms with Crippen molar-refractivity contribution in [3.05, 3.63) is 28.7 Å². The molecule has 4 atom stereocenters. The molecule has 3 aliphatic rings. The van der Waals surface area contributed by atoms with Crippen molar-refractivity contribution in [2.45, 2.75) is 57.5 Å². The van der Waals surface area contributed by atoms with E-state index in [9.17, 15) is 9.59 Å². The van der Waals surface area contributed by atoms with Crippen LogP contribution in [-0.2, 0) is 23.8 Å². The lowest BCUT2D eigenvalue weighted by Crippen LogP contribution is -2.26. The summed E-state index contributed by atoms with van der Waals surface area (Å²) >= 11 is 0. The molecule has 6 heteroatoms. The van der Waals surface area contributed by atoms with E-state index >= 15 is 0 Å². The van der Waals surface area contributed by atoms with Gasteiger partial charge < -0.3 is 18.6 Å². The monoisotopic (exact) mass is 318 g/mol. The van der Waals surface area contributed by atoms with Gasteiger partial charge in [0, 0.05) is 12.5 Å². The molecular weight excluding hydrogens is 300 g/mol. The van der Waals surface area contributed by atoms with Crippen LogP contribution in [-0.4, -0.2) is 29.7 Å². The van der Waals surface area contributed by atoms with Crippen molar-refractivity contribution in [2.75, 3.05) is 0 Å². The van der Waals surface area contributed by atoms with Gasteiger partial charge >= 0.3 is 11.9 Å². The van der Waals surface area contributed by atoms with Crippen LogP contribution in [0.1, 0.15) is 49.7 Å². The zero-order valence-corrected chi connectivity index (χ0v) is 13.3. The number of esters is 2. The Morgan fingerprint density at radius 1 is 1.39 bits per heavy atom. The maximum absolute atomic E-state index is 12.3. The first-order valence-electron chi connectivity index (χ1n) is 7.74. The number of rotatable bonds is 1. The summed E-state index contributed by atoms with van der Waals surface area (Å²) in [6.07, 6.45) is 3.37.